The molecule has 122 valence electrons. The van der Waals surface area contributed by atoms with Crippen molar-refractivity contribution in [3.05, 3.63) is 102 Å². The number of rotatable bonds is 6. The van der Waals surface area contributed by atoms with E-state index in [2.05, 4.69) is 87.7 Å². The normalized spacial score (nSPS) is 11.7. The fraction of sp³-hybridized carbons (Fsp3) is 0.167. The minimum Gasteiger partial charge on any atom is -0.0955 e. The fourth-order valence-electron chi connectivity index (χ4n) is 2.76. The molecule has 0 aliphatic carbocycles. The van der Waals surface area contributed by atoms with Gasteiger partial charge in [0.25, 0.3) is 0 Å². The Balaban J connectivity index is 2.30. The molecule has 0 heteroatoms. The third kappa shape index (κ3) is 4.45. The summed E-state index contributed by atoms with van der Waals surface area (Å²) in [5.74, 6) is 0. The number of aryl methyl sites for hydroxylation is 1. The van der Waals surface area contributed by atoms with Crippen LogP contribution in [0.25, 0.3) is 16.7 Å². The van der Waals surface area contributed by atoms with Gasteiger partial charge in [-0.25, -0.2) is 0 Å². The second-order valence-corrected chi connectivity index (χ2v) is 6.17. The van der Waals surface area contributed by atoms with Gasteiger partial charge in [-0.3, -0.25) is 0 Å². The summed E-state index contributed by atoms with van der Waals surface area (Å²) < 4.78 is 0. The Hall–Kier alpha value is -2.60. The summed E-state index contributed by atoms with van der Waals surface area (Å²) in [7, 11) is 0. The molecule has 0 saturated carbocycles. The van der Waals surface area contributed by atoms with Crippen LogP contribution in [0.3, 0.4) is 0 Å². The van der Waals surface area contributed by atoms with E-state index >= 15 is 0 Å². The Morgan fingerprint density at radius 1 is 0.958 bits per heavy atom. The van der Waals surface area contributed by atoms with Crippen molar-refractivity contribution in [3.63, 3.8) is 0 Å². The highest BCUT2D eigenvalue weighted by Gasteiger charge is 2.11. The van der Waals surface area contributed by atoms with Gasteiger partial charge in [0.15, 0.2) is 0 Å². The van der Waals surface area contributed by atoms with E-state index in [9.17, 15) is 0 Å². The Morgan fingerprint density at radius 3 is 2.33 bits per heavy atom. The van der Waals surface area contributed by atoms with Crippen molar-refractivity contribution in [2.75, 3.05) is 0 Å². The number of hydrogen-bond acceptors (Lipinski definition) is 0. The van der Waals surface area contributed by atoms with Crippen LogP contribution in [0.2, 0.25) is 0 Å². The lowest BCUT2D eigenvalue weighted by molar-refractivity contribution is 1.29. The van der Waals surface area contributed by atoms with Gasteiger partial charge in [-0.1, -0.05) is 91.1 Å². The molecule has 0 spiro atoms. The highest BCUT2D eigenvalue weighted by molar-refractivity contribution is 5.83. The first-order chi connectivity index (χ1) is 11.5. The summed E-state index contributed by atoms with van der Waals surface area (Å²) in [5, 5.41) is 0. The Bertz CT molecular complexity index is 786. The molecular weight excluding hydrogens is 288 g/mol. The van der Waals surface area contributed by atoms with E-state index in [0.29, 0.717) is 0 Å². The molecule has 0 aliphatic heterocycles. The summed E-state index contributed by atoms with van der Waals surface area (Å²) in [6.07, 6.45) is 7.05. The maximum absolute atomic E-state index is 4.35. The maximum atomic E-state index is 4.35. The maximum Gasteiger partial charge on any atom is -0.00313 e. The van der Waals surface area contributed by atoms with Gasteiger partial charge < -0.3 is 0 Å². The molecule has 2 rings (SSSR count). The van der Waals surface area contributed by atoms with Crippen LogP contribution in [0.4, 0.5) is 0 Å². The summed E-state index contributed by atoms with van der Waals surface area (Å²) in [4.78, 5) is 0. The summed E-state index contributed by atoms with van der Waals surface area (Å²) >= 11 is 0. The molecule has 0 saturated heterocycles. The monoisotopic (exact) mass is 314 g/mol. The number of allylic oxidation sites excluding steroid dienone is 6. The van der Waals surface area contributed by atoms with Crippen molar-refractivity contribution in [2.45, 2.75) is 27.2 Å². The van der Waals surface area contributed by atoms with E-state index < -0.39 is 0 Å². The van der Waals surface area contributed by atoms with E-state index in [4.69, 9.17) is 0 Å². The Labute approximate surface area is 146 Å². The molecule has 0 amide bonds. The molecule has 0 radical (unpaired) electrons. The van der Waals surface area contributed by atoms with E-state index in [1.165, 1.54) is 27.8 Å². The lowest BCUT2D eigenvalue weighted by Crippen LogP contribution is -1.94. The lowest BCUT2D eigenvalue weighted by atomic mass is 9.89. The SMILES string of the molecule is C=C(/C=C\C(C)=C/C)CC(=C)c1c(C)cccc1-c1ccccc1. The van der Waals surface area contributed by atoms with Crippen molar-refractivity contribution in [1.82, 2.24) is 0 Å². The van der Waals surface area contributed by atoms with Crippen molar-refractivity contribution in [3.8, 4) is 11.1 Å². The van der Waals surface area contributed by atoms with Crippen molar-refractivity contribution >= 4 is 5.57 Å². The number of hydrogen-bond donors (Lipinski definition) is 0. The van der Waals surface area contributed by atoms with Crippen LogP contribution >= 0.6 is 0 Å². The quantitative estimate of drug-likeness (QED) is 0.497. The zero-order chi connectivity index (χ0) is 17.5. The Kier molecular flexibility index (Phi) is 6.14. The van der Waals surface area contributed by atoms with Gasteiger partial charge in [0.1, 0.15) is 0 Å². The van der Waals surface area contributed by atoms with E-state index in [0.717, 1.165) is 17.6 Å². The van der Waals surface area contributed by atoms with Crippen LogP contribution in [-0.2, 0) is 0 Å². The molecule has 0 atom stereocenters. The van der Waals surface area contributed by atoms with Gasteiger partial charge in [0, 0.05) is 0 Å². The predicted molar refractivity (Wildman–Crippen MR) is 108 cm³/mol. The van der Waals surface area contributed by atoms with Crippen molar-refractivity contribution < 1.29 is 0 Å². The summed E-state index contributed by atoms with van der Waals surface area (Å²) in [6.45, 7) is 14.8. The van der Waals surface area contributed by atoms with Gasteiger partial charge in [-0.05, 0) is 55.0 Å². The standard InChI is InChI=1S/C24H26/c1-6-18(2)15-16-19(3)17-21(5)24-20(4)11-10-14-23(24)22-12-8-7-9-13-22/h6-16H,3,5,17H2,1-2,4H3/b16-15-,18-6-. The third-order valence-corrected chi connectivity index (χ3v) is 4.19. The first kappa shape index (κ1) is 17.7. The predicted octanol–water partition coefficient (Wildman–Crippen LogP) is 7.14. The minimum absolute atomic E-state index is 0.776. The molecule has 0 aliphatic rings. The van der Waals surface area contributed by atoms with E-state index in [-0.39, 0.29) is 0 Å². The van der Waals surface area contributed by atoms with Crippen LogP contribution in [-0.4, -0.2) is 0 Å². The molecule has 0 fully saturated rings. The van der Waals surface area contributed by atoms with Gasteiger partial charge in [0.2, 0.25) is 0 Å². The molecular formula is C24H26. The molecule has 0 nitrogen and oxygen atoms in total. The van der Waals surface area contributed by atoms with Gasteiger partial charge >= 0.3 is 0 Å². The molecule has 0 heterocycles. The molecule has 2 aromatic rings. The molecule has 0 unspecified atom stereocenters. The smallest absolute Gasteiger partial charge is 0.00313 e. The molecule has 24 heavy (non-hydrogen) atoms. The van der Waals surface area contributed by atoms with Crippen molar-refractivity contribution in [1.29, 1.82) is 0 Å². The van der Waals surface area contributed by atoms with Crippen LogP contribution in [0, 0.1) is 6.92 Å². The number of benzene rings is 2. The topological polar surface area (TPSA) is 0 Å². The average Bonchev–Trinajstić information content (AvgIpc) is 2.60. The second kappa shape index (κ2) is 8.31. The highest BCUT2D eigenvalue weighted by atomic mass is 14.1. The third-order valence-electron chi connectivity index (χ3n) is 4.19. The molecule has 0 aromatic heterocycles. The van der Waals surface area contributed by atoms with Crippen LogP contribution < -0.4 is 0 Å². The van der Waals surface area contributed by atoms with Crippen LogP contribution in [0.15, 0.2) is 91.1 Å². The Morgan fingerprint density at radius 2 is 1.67 bits per heavy atom. The van der Waals surface area contributed by atoms with Gasteiger partial charge in [-0.15, -0.1) is 0 Å². The van der Waals surface area contributed by atoms with Gasteiger partial charge in [0.05, 0.1) is 0 Å². The van der Waals surface area contributed by atoms with E-state index in [1.54, 1.807) is 0 Å². The first-order valence-corrected chi connectivity index (χ1v) is 8.35. The molecule has 0 N–H and O–H groups in total. The second-order valence-electron chi connectivity index (χ2n) is 6.17. The first-order valence-electron chi connectivity index (χ1n) is 8.35. The largest absolute Gasteiger partial charge is 0.0955 e. The average molecular weight is 314 g/mol. The van der Waals surface area contributed by atoms with Crippen molar-refractivity contribution in [2.24, 2.45) is 0 Å². The van der Waals surface area contributed by atoms with Gasteiger partial charge in [-0.2, -0.15) is 0 Å². The molecule has 0 bridgehead atoms. The summed E-state index contributed by atoms with van der Waals surface area (Å²) in [5.41, 5.74) is 8.37. The lowest BCUT2D eigenvalue weighted by Gasteiger charge is -2.16. The molecule has 2 aromatic carbocycles. The zero-order valence-corrected chi connectivity index (χ0v) is 15.0. The highest BCUT2D eigenvalue weighted by Crippen LogP contribution is 2.33. The summed E-state index contributed by atoms with van der Waals surface area (Å²) in [6, 6.07) is 16.9. The zero-order valence-electron chi connectivity index (χ0n) is 15.0. The van der Waals surface area contributed by atoms with Crippen LogP contribution in [0.5, 0.6) is 0 Å². The minimum atomic E-state index is 0.776. The van der Waals surface area contributed by atoms with E-state index in [1.807, 2.05) is 13.0 Å². The fourth-order valence-corrected chi connectivity index (χ4v) is 2.76. The van der Waals surface area contributed by atoms with Crippen LogP contribution in [0.1, 0.15) is 31.4 Å².